The smallest absolute Gasteiger partial charge is 0.158 e. The normalized spacial score (nSPS) is 23.1. The second-order valence-electron chi connectivity index (χ2n) is 5.04. The molecule has 0 bridgehead atoms. The number of rotatable bonds is 8. The lowest BCUT2D eigenvalue weighted by Crippen LogP contribution is -2.23. The van der Waals surface area contributed by atoms with Crippen molar-refractivity contribution in [2.45, 2.75) is 64.8 Å². The molecule has 0 aliphatic carbocycles. The van der Waals surface area contributed by atoms with Crippen LogP contribution in [0.25, 0.3) is 0 Å². The summed E-state index contributed by atoms with van der Waals surface area (Å²) in [6.45, 7) is 5.79. The van der Waals surface area contributed by atoms with Gasteiger partial charge in [0.25, 0.3) is 0 Å². The van der Waals surface area contributed by atoms with Crippen molar-refractivity contribution in [3.05, 3.63) is 11.6 Å². The largest absolute Gasteiger partial charge is 0.377 e. The van der Waals surface area contributed by atoms with E-state index in [-0.39, 0.29) is 12.4 Å². The van der Waals surface area contributed by atoms with Crippen molar-refractivity contribution in [1.82, 2.24) is 0 Å². The van der Waals surface area contributed by atoms with Crippen molar-refractivity contribution >= 4 is 0 Å². The van der Waals surface area contributed by atoms with Gasteiger partial charge in [0.15, 0.2) is 6.29 Å². The van der Waals surface area contributed by atoms with Crippen LogP contribution in [0.5, 0.6) is 0 Å². The lowest BCUT2D eigenvalue weighted by molar-refractivity contribution is -0.156. The Hall–Kier alpha value is -0.380. The molecule has 3 heteroatoms. The van der Waals surface area contributed by atoms with E-state index in [0.29, 0.717) is 6.61 Å². The first kappa shape index (κ1) is 15.7. The molecule has 0 aromatic heterocycles. The molecule has 1 heterocycles. The third-order valence-electron chi connectivity index (χ3n) is 3.25. The molecule has 1 aliphatic heterocycles. The lowest BCUT2D eigenvalue weighted by Gasteiger charge is -2.23. The van der Waals surface area contributed by atoms with E-state index < -0.39 is 0 Å². The number of ether oxygens (including phenoxy) is 3. The van der Waals surface area contributed by atoms with Crippen molar-refractivity contribution in [1.29, 1.82) is 0 Å². The fourth-order valence-corrected chi connectivity index (χ4v) is 2.11. The molecule has 0 spiro atoms. The Morgan fingerprint density at radius 2 is 2.28 bits per heavy atom. The molecule has 0 N–H and O–H groups in total. The highest BCUT2D eigenvalue weighted by atomic mass is 16.7. The summed E-state index contributed by atoms with van der Waals surface area (Å²) in [7, 11) is 1.77. The summed E-state index contributed by atoms with van der Waals surface area (Å²) in [5, 5.41) is 0. The van der Waals surface area contributed by atoms with E-state index in [0.717, 1.165) is 25.9 Å². The predicted molar refractivity (Wildman–Crippen MR) is 73.6 cm³/mol. The Bertz CT molecular complexity index is 232. The van der Waals surface area contributed by atoms with E-state index in [9.17, 15) is 0 Å². The minimum atomic E-state index is -0.00117. The third kappa shape index (κ3) is 6.53. The van der Waals surface area contributed by atoms with Crippen LogP contribution in [-0.4, -0.2) is 32.7 Å². The van der Waals surface area contributed by atoms with Crippen molar-refractivity contribution < 1.29 is 14.2 Å². The highest BCUT2D eigenvalue weighted by Crippen LogP contribution is 2.15. The molecule has 18 heavy (non-hydrogen) atoms. The second kappa shape index (κ2) is 9.54. The molecule has 106 valence electrons. The number of hydrogen-bond acceptors (Lipinski definition) is 3. The molecule has 0 amide bonds. The monoisotopic (exact) mass is 256 g/mol. The van der Waals surface area contributed by atoms with E-state index in [1.165, 1.54) is 24.8 Å². The molecule has 0 radical (unpaired) electrons. The van der Waals surface area contributed by atoms with Crippen molar-refractivity contribution in [2.75, 3.05) is 20.3 Å². The molecular weight excluding hydrogens is 228 g/mol. The lowest BCUT2D eigenvalue weighted by atomic mass is 10.1. The molecule has 1 aliphatic rings. The zero-order chi connectivity index (χ0) is 13.2. The highest BCUT2D eigenvalue weighted by molar-refractivity contribution is 5.02. The molecule has 2 unspecified atom stereocenters. The Balaban J connectivity index is 2.25. The van der Waals surface area contributed by atoms with Crippen molar-refractivity contribution in [3.63, 3.8) is 0 Å². The average Bonchev–Trinajstić information content (AvgIpc) is 2.42. The van der Waals surface area contributed by atoms with Gasteiger partial charge in [-0.05, 0) is 38.2 Å². The fourth-order valence-electron chi connectivity index (χ4n) is 2.11. The Morgan fingerprint density at radius 1 is 1.44 bits per heavy atom. The van der Waals surface area contributed by atoms with Crippen LogP contribution in [0, 0.1) is 0 Å². The number of hydrogen-bond donors (Lipinski definition) is 0. The first-order valence-corrected chi connectivity index (χ1v) is 7.19. The highest BCUT2D eigenvalue weighted by Gasteiger charge is 2.14. The van der Waals surface area contributed by atoms with Gasteiger partial charge in [-0.25, -0.2) is 0 Å². The van der Waals surface area contributed by atoms with Crippen LogP contribution in [0.4, 0.5) is 0 Å². The van der Waals surface area contributed by atoms with Gasteiger partial charge < -0.3 is 14.2 Å². The maximum atomic E-state index is 5.75. The quantitative estimate of drug-likeness (QED) is 0.620. The van der Waals surface area contributed by atoms with Gasteiger partial charge in [-0.2, -0.15) is 0 Å². The molecule has 0 saturated carbocycles. The zero-order valence-corrected chi connectivity index (χ0v) is 12.1. The van der Waals surface area contributed by atoms with Crippen LogP contribution >= 0.6 is 0 Å². The number of methoxy groups -OCH3 is 1. The van der Waals surface area contributed by atoms with E-state index in [1.807, 2.05) is 0 Å². The summed E-state index contributed by atoms with van der Waals surface area (Å²) >= 11 is 0. The fraction of sp³-hybridized carbons (Fsp3) is 0.867. The maximum absolute atomic E-state index is 5.75. The van der Waals surface area contributed by atoms with Gasteiger partial charge >= 0.3 is 0 Å². The van der Waals surface area contributed by atoms with Gasteiger partial charge in [-0.1, -0.05) is 25.8 Å². The van der Waals surface area contributed by atoms with Gasteiger partial charge in [0.05, 0.1) is 12.7 Å². The molecule has 1 rings (SSSR count). The molecule has 3 nitrogen and oxygen atoms in total. The topological polar surface area (TPSA) is 27.7 Å². The van der Waals surface area contributed by atoms with E-state index >= 15 is 0 Å². The van der Waals surface area contributed by atoms with Crippen LogP contribution in [-0.2, 0) is 14.2 Å². The van der Waals surface area contributed by atoms with Gasteiger partial charge in [0, 0.05) is 13.7 Å². The van der Waals surface area contributed by atoms with E-state index in [2.05, 4.69) is 19.9 Å². The molecular formula is C15H28O3. The maximum Gasteiger partial charge on any atom is 0.158 e. The van der Waals surface area contributed by atoms with Gasteiger partial charge in [0.1, 0.15) is 0 Å². The molecule has 0 aromatic carbocycles. The van der Waals surface area contributed by atoms with Crippen LogP contribution in [0.1, 0.15) is 52.4 Å². The Labute approximate surface area is 111 Å². The molecule has 1 fully saturated rings. The van der Waals surface area contributed by atoms with E-state index in [1.54, 1.807) is 7.11 Å². The standard InChI is InChI=1S/C15H28O3/c1-4-5-8-14(16-3)11-13(2)12-18-15-9-6-7-10-17-15/h11,14-15H,4-10,12H2,1-3H3/b13-11-. The third-order valence-corrected chi connectivity index (χ3v) is 3.25. The minimum Gasteiger partial charge on any atom is -0.377 e. The van der Waals surface area contributed by atoms with Crippen LogP contribution < -0.4 is 0 Å². The van der Waals surface area contributed by atoms with Crippen LogP contribution in [0.15, 0.2) is 11.6 Å². The van der Waals surface area contributed by atoms with Crippen LogP contribution in [0.2, 0.25) is 0 Å². The van der Waals surface area contributed by atoms with Gasteiger partial charge in [-0.3, -0.25) is 0 Å². The first-order chi connectivity index (χ1) is 8.76. The SMILES string of the molecule is CCCCC(/C=C(/C)COC1CCCCO1)OC. The van der Waals surface area contributed by atoms with Gasteiger partial charge in [0.2, 0.25) is 0 Å². The molecule has 0 aromatic rings. The summed E-state index contributed by atoms with van der Waals surface area (Å²) in [5.74, 6) is 0. The predicted octanol–water partition coefficient (Wildman–Crippen LogP) is 3.68. The Morgan fingerprint density at radius 3 is 2.89 bits per heavy atom. The summed E-state index contributed by atoms with van der Waals surface area (Å²) in [6.07, 6.45) is 9.30. The van der Waals surface area contributed by atoms with E-state index in [4.69, 9.17) is 14.2 Å². The minimum absolute atomic E-state index is 0.00117. The van der Waals surface area contributed by atoms with Crippen LogP contribution in [0.3, 0.4) is 0 Å². The van der Waals surface area contributed by atoms with Crippen molar-refractivity contribution in [2.24, 2.45) is 0 Å². The number of unbranched alkanes of at least 4 members (excludes halogenated alkanes) is 1. The summed E-state index contributed by atoms with van der Waals surface area (Å²) in [5.41, 5.74) is 1.23. The first-order valence-electron chi connectivity index (χ1n) is 7.19. The molecule has 2 atom stereocenters. The summed E-state index contributed by atoms with van der Waals surface area (Å²) < 4.78 is 16.7. The van der Waals surface area contributed by atoms with Crippen molar-refractivity contribution in [3.8, 4) is 0 Å². The second-order valence-corrected chi connectivity index (χ2v) is 5.04. The average molecular weight is 256 g/mol. The summed E-state index contributed by atoms with van der Waals surface area (Å²) in [4.78, 5) is 0. The Kier molecular flexibility index (Phi) is 8.31. The van der Waals surface area contributed by atoms with Gasteiger partial charge in [-0.15, -0.1) is 0 Å². The molecule has 1 saturated heterocycles. The summed E-state index contributed by atoms with van der Waals surface area (Å²) in [6, 6.07) is 0. The zero-order valence-electron chi connectivity index (χ0n) is 12.1.